The molecule has 0 aliphatic rings. The Bertz CT molecular complexity index is 281. The zero-order valence-electron chi connectivity index (χ0n) is 8.07. The highest BCUT2D eigenvalue weighted by atomic mass is 79.9. The molecule has 0 amide bonds. The van der Waals surface area contributed by atoms with Crippen LogP contribution in [0, 0.1) is 0 Å². The van der Waals surface area contributed by atoms with E-state index in [1.165, 1.54) is 6.33 Å². The van der Waals surface area contributed by atoms with E-state index in [-0.39, 0.29) is 6.10 Å². The Morgan fingerprint density at radius 1 is 1.57 bits per heavy atom. The van der Waals surface area contributed by atoms with E-state index in [1.807, 2.05) is 6.07 Å². The van der Waals surface area contributed by atoms with Crippen molar-refractivity contribution in [3.05, 3.63) is 17.0 Å². The molecular weight excluding hydrogens is 246 g/mol. The maximum absolute atomic E-state index is 9.03. The lowest BCUT2D eigenvalue weighted by molar-refractivity contribution is 0.183. The predicted molar refractivity (Wildman–Crippen MR) is 59.1 cm³/mol. The van der Waals surface area contributed by atoms with Crippen molar-refractivity contribution in [2.24, 2.45) is 0 Å². The average Bonchev–Trinajstić information content (AvgIpc) is 2.12. The molecule has 1 heterocycles. The third-order valence-corrected chi connectivity index (χ3v) is 2.17. The number of hydrogen-bond acceptors (Lipinski definition) is 4. The first-order valence-electron chi connectivity index (χ1n) is 4.58. The zero-order valence-corrected chi connectivity index (χ0v) is 9.66. The molecule has 0 aliphatic heterocycles. The Kier molecular flexibility index (Phi) is 4.82. The number of halogens is 1. The third kappa shape index (κ3) is 4.53. The number of nitrogens with zero attached hydrogens (tertiary/aromatic N) is 2. The Morgan fingerprint density at radius 2 is 2.36 bits per heavy atom. The van der Waals surface area contributed by atoms with Gasteiger partial charge in [0.25, 0.3) is 0 Å². The number of anilines is 1. The van der Waals surface area contributed by atoms with E-state index in [2.05, 4.69) is 31.2 Å². The van der Waals surface area contributed by atoms with Gasteiger partial charge < -0.3 is 10.4 Å². The highest BCUT2D eigenvalue weighted by Gasteiger charge is 1.97. The summed E-state index contributed by atoms with van der Waals surface area (Å²) >= 11 is 3.26. The Labute approximate surface area is 91.9 Å². The van der Waals surface area contributed by atoms with Crippen LogP contribution in [0.15, 0.2) is 17.0 Å². The van der Waals surface area contributed by atoms with E-state index in [4.69, 9.17) is 5.11 Å². The zero-order chi connectivity index (χ0) is 10.4. The lowest BCUT2D eigenvalue weighted by atomic mass is 10.2. The highest BCUT2D eigenvalue weighted by Crippen LogP contribution is 2.09. The largest absolute Gasteiger partial charge is 0.393 e. The molecule has 0 saturated heterocycles. The number of aliphatic hydroxyl groups is 1. The number of rotatable bonds is 5. The van der Waals surface area contributed by atoms with E-state index in [0.717, 1.165) is 29.8 Å². The van der Waals surface area contributed by atoms with Crippen LogP contribution in [0.25, 0.3) is 0 Å². The van der Waals surface area contributed by atoms with E-state index < -0.39 is 0 Å². The molecule has 0 aromatic carbocycles. The summed E-state index contributed by atoms with van der Waals surface area (Å²) in [6.07, 6.45) is 3.01. The van der Waals surface area contributed by atoms with Gasteiger partial charge in [-0.2, -0.15) is 0 Å². The molecule has 0 bridgehead atoms. The van der Waals surface area contributed by atoms with Crippen molar-refractivity contribution in [2.75, 3.05) is 11.9 Å². The van der Waals surface area contributed by atoms with Crippen molar-refractivity contribution < 1.29 is 5.11 Å². The molecule has 0 saturated carbocycles. The predicted octanol–water partition coefficient (Wildman–Crippen LogP) is 1.81. The molecule has 1 rings (SSSR count). The summed E-state index contributed by atoms with van der Waals surface area (Å²) < 4.78 is 0.769. The first kappa shape index (κ1) is 11.4. The van der Waals surface area contributed by atoms with Gasteiger partial charge in [-0.25, -0.2) is 9.97 Å². The van der Waals surface area contributed by atoms with Crippen LogP contribution in [0.3, 0.4) is 0 Å². The first-order chi connectivity index (χ1) is 6.68. The topological polar surface area (TPSA) is 58.0 Å². The maximum Gasteiger partial charge on any atom is 0.130 e. The monoisotopic (exact) mass is 259 g/mol. The van der Waals surface area contributed by atoms with Gasteiger partial charge in [-0.05, 0) is 35.7 Å². The molecule has 1 atom stereocenters. The first-order valence-corrected chi connectivity index (χ1v) is 5.37. The second-order valence-electron chi connectivity index (χ2n) is 3.14. The van der Waals surface area contributed by atoms with Gasteiger partial charge in [-0.3, -0.25) is 0 Å². The molecule has 0 fully saturated rings. The third-order valence-electron chi connectivity index (χ3n) is 1.74. The van der Waals surface area contributed by atoms with Crippen molar-refractivity contribution >= 4 is 21.7 Å². The minimum atomic E-state index is -0.228. The van der Waals surface area contributed by atoms with Gasteiger partial charge in [0.15, 0.2) is 0 Å². The normalized spacial score (nSPS) is 12.5. The van der Waals surface area contributed by atoms with E-state index in [0.29, 0.717) is 0 Å². The van der Waals surface area contributed by atoms with Crippen molar-refractivity contribution in [1.82, 2.24) is 9.97 Å². The van der Waals surface area contributed by atoms with Gasteiger partial charge in [0.05, 0.1) is 6.10 Å². The fraction of sp³-hybridized carbons (Fsp3) is 0.556. The molecular formula is C9H14BrN3O. The summed E-state index contributed by atoms with van der Waals surface area (Å²) in [5.41, 5.74) is 0. The highest BCUT2D eigenvalue weighted by molar-refractivity contribution is 9.10. The van der Waals surface area contributed by atoms with Gasteiger partial charge in [0.1, 0.15) is 16.7 Å². The van der Waals surface area contributed by atoms with Gasteiger partial charge >= 0.3 is 0 Å². The molecule has 1 aromatic rings. The maximum atomic E-state index is 9.03. The van der Waals surface area contributed by atoms with Gasteiger partial charge in [0.2, 0.25) is 0 Å². The van der Waals surface area contributed by atoms with Crippen LogP contribution in [0.5, 0.6) is 0 Å². The molecule has 1 unspecified atom stereocenters. The van der Waals surface area contributed by atoms with Crippen LogP contribution < -0.4 is 5.32 Å². The van der Waals surface area contributed by atoms with Crippen molar-refractivity contribution in [3.8, 4) is 0 Å². The van der Waals surface area contributed by atoms with Crippen LogP contribution in [-0.4, -0.2) is 27.7 Å². The van der Waals surface area contributed by atoms with Gasteiger partial charge in [-0.15, -0.1) is 0 Å². The van der Waals surface area contributed by atoms with Crippen molar-refractivity contribution in [1.29, 1.82) is 0 Å². The minimum Gasteiger partial charge on any atom is -0.393 e. The summed E-state index contributed by atoms with van der Waals surface area (Å²) in [5, 5.41) is 12.2. The van der Waals surface area contributed by atoms with Crippen LogP contribution >= 0.6 is 15.9 Å². The van der Waals surface area contributed by atoms with Crippen LogP contribution in [0.4, 0.5) is 5.82 Å². The Morgan fingerprint density at radius 3 is 3.00 bits per heavy atom. The lowest BCUT2D eigenvalue weighted by Crippen LogP contribution is -2.07. The van der Waals surface area contributed by atoms with Crippen molar-refractivity contribution in [2.45, 2.75) is 25.9 Å². The van der Waals surface area contributed by atoms with E-state index in [9.17, 15) is 0 Å². The minimum absolute atomic E-state index is 0.228. The number of nitrogens with one attached hydrogen (secondary N) is 1. The molecule has 2 N–H and O–H groups in total. The number of hydrogen-bond donors (Lipinski definition) is 2. The Balaban J connectivity index is 2.25. The van der Waals surface area contributed by atoms with Gasteiger partial charge in [-0.1, -0.05) is 0 Å². The number of aliphatic hydroxyl groups excluding tert-OH is 1. The second-order valence-corrected chi connectivity index (χ2v) is 3.96. The van der Waals surface area contributed by atoms with Crippen LogP contribution in [-0.2, 0) is 0 Å². The summed E-state index contributed by atoms with van der Waals surface area (Å²) in [5.74, 6) is 0.803. The summed E-state index contributed by atoms with van der Waals surface area (Å²) in [4.78, 5) is 7.96. The molecule has 78 valence electrons. The van der Waals surface area contributed by atoms with Crippen LogP contribution in [0.2, 0.25) is 0 Å². The average molecular weight is 260 g/mol. The van der Waals surface area contributed by atoms with Gasteiger partial charge in [0, 0.05) is 12.6 Å². The molecule has 4 nitrogen and oxygen atoms in total. The molecule has 1 aromatic heterocycles. The van der Waals surface area contributed by atoms with E-state index >= 15 is 0 Å². The summed E-state index contributed by atoms with van der Waals surface area (Å²) in [7, 11) is 0. The smallest absolute Gasteiger partial charge is 0.130 e. The number of aromatic nitrogens is 2. The molecule has 0 aliphatic carbocycles. The standard InChI is InChI=1S/C9H14BrN3O/c1-7(14)3-2-4-11-9-5-8(10)12-6-13-9/h5-7,14H,2-4H2,1H3,(H,11,12,13). The quantitative estimate of drug-likeness (QED) is 0.626. The van der Waals surface area contributed by atoms with Crippen molar-refractivity contribution in [3.63, 3.8) is 0 Å². The van der Waals surface area contributed by atoms with E-state index in [1.54, 1.807) is 6.92 Å². The fourth-order valence-electron chi connectivity index (χ4n) is 1.04. The molecule has 0 radical (unpaired) electrons. The second kappa shape index (κ2) is 5.93. The Hall–Kier alpha value is -0.680. The summed E-state index contributed by atoms with van der Waals surface area (Å²) in [6, 6.07) is 1.82. The molecule has 0 spiro atoms. The molecule has 5 heteroatoms. The fourth-order valence-corrected chi connectivity index (χ4v) is 1.35. The van der Waals surface area contributed by atoms with Crippen LogP contribution in [0.1, 0.15) is 19.8 Å². The lowest BCUT2D eigenvalue weighted by Gasteiger charge is -2.06. The molecule has 14 heavy (non-hydrogen) atoms. The summed E-state index contributed by atoms with van der Waals surface area (Å²) in [6.45, 7) is 2.61. The SMILES string of the molecule is CC(O)CCCNc1cc(Br)ncn1.